The molecule has 1 aromatic carbocycles. The van der Waals surface area contributed by atoms with Gasteiger partial charge in [0.2, 0.25) is 0 Å². The van der Waals surface area contributed by atoms with Crippen LogP contribution in [0, 0.1) is 0 Å². The van der Waals surface area contributed by atoms with E-state index in [1.54, 1.807) is 5.56 Å². The van der Waals surface area contributed by atoms with E-state index in [0.717, 1.165) is 11.4 Å². The fourth-order valence-corrected chi connectivity index (χ4v) is 3.52. The second kappa shape index (κ2) is 5.97. The Bertz CT molecular complexity index is 606. The third kappa shape index (κ3) is 3.04. The summed E-state index contributed by atoms with van der Waals surface area (Å²) in [6.45, 7) is 0. The molecule has 1 heterocycles. The maximum Gasteiger partial charge on any atom is 0.171 e. The van der Waals surface area contributed by atoms with Crippen LogP contribution in [0.5, 0.6) is 0 Å². The lowest BCUT2D eigenvalue weighted by Gasteiger charge is -2.24. The summed E-state index contributed by atoms with van der Waals surface area (Å²) in [5.41, 5.74) is 4.46. The van der Waals surface area contributed by atoms with E-state index < -0.39 is 0 Å². The van der Waals surface area contributed by atoms with Gasteiger partial charge in [-0.25, -0.2) is 4.57 Å². The van der Waals surface area contributed by atoms with E-state index in [4.69, 9.17) is 11.6 Å². The van der Waals surface area contributed by atoms with E-state index >= 15 is 0 Å². The van der Waals surface area contributed by atoms with Crippen molar-refractivity contribution >= 4 is 11.6 Å². The SMILES string of the molecule is C[n+]1ccc2c(c1)CCCC2CCc1cccc(Cl)c1. The minimum atomic E-state index is 0.707. The minimum Gasteiger partial charge on any atom is -0.208 e. The number of aromatic nitrogens is 1. The average Bonchev–Trinajstić information content (AvgIpc) is 2.44. The Morgan fingerprint density at radius 1 is 1.30 bits per heavy atom. The first kappa shape index (κ1) is 13.6. The summed E-state index contributed by atoms with van der Waals surface area (Å²) in [5, 5.41) is 0.846. The molecule has 20 heavy (non-hydrogen) atoms. The van der Waals surface area contributed by atoms with Crippen molar-refractivity contribution in [1.29, 1.82) is 0 Å². The van der Waals surface area contributed by atoms with Crippen molar-refractivity contribution < 1.29 is 4.57 Å². The number of benzene rings is 1. The van der Waals surface area contributed by atoms with Gasteiger partial charge >= 0.3 is 0 Å². The van der Waals surface area contributed by atoms with Crippen molar-refractivity contribution in [3.8, 4) is 0 Å². The van der Waals surface area contributed by atoms with Gasteiger partial charge in [-0.05, 0) is 61.3 Å². The molecule has 0 spiro atoms. The van der Waals surface area contributed by atoms with Crippen molar-refractivity contribution in [2.75, 3.05) is 0 Å². The number of aryl methyl sites for hydroxylation is 3. The fourth-order valence-electron chi connectivity index (χ4n) is 3.30. The summed E-state index contributed by atoms with van der Waals surface area (Å²) in [4.78, 5) is 0. The Balaban J connectivity index is 1.73. The normalized spacial score (nSPS) is 17.8. The molecule has 3 rings (SSSR count). The molecule has 0 N–H and O–H groups in total. The summed E-state index contributed by atoms with van der Waals surface area (Å²) in [6.07, 6.45) is 10.7. The molecule has 0 saturated carbocycles. The van der Waals surface area contributed by atoms with Crippen LogP contribution in [0.2, 0.25) is 5.02 Å². The largest absolute Gasteiger partial charge is 0.208 e. The zero-order valence-corrected chi connectivity index (χ0v) is 12.7. The number of fused-ring (bicyclic) bond motifs is 1. The first-order valence-electron chi connectivity index (χ1n) is 7.45. The molecular formula is C18H21ClN+. The number of nitrogens with zero attached hydrogens (tertiary/aromatic N) is 1. The van der Waals surface area contributed by atoms with E-state index in [1.807, 2.05) is 12.1 Å². The van der Waals surface area contributed by atoms with Gasteiger partial charge in [-0.2, -0.15) is 0 Å². The van der Waals surface area contributed by atoms with Gasteiger partial charge in [0.1, 0.15) is 7.05 Å². The third-order valence-electron chi connectivity index (χ3n) is 4.33. The monoisotopic (exact) mass is 286 g/mol. The van der Waals surface area contributed by atoms with Gasteiger partial charge < -0.3 is 0 Å². The molecule has 104 valence electrons. The lowest BCUT2D eigenvalue weighted by atomic mass is 9.81. The molecular weight excluding hydrogens is 266 g/mol. The Morgan fingerprint density at radius 2 is 2.20 bits per heavy atom. The quantitative estimate of drug-likeness (QED) is 0.744. The second-order valence-corrected chi connectivity index (χ2v) is 6.29. The molecule has 0 amide bonds. The molecule has 0 saturated heterocycles. The summed E-state index contributed by atoms with van der Waals surface area (Å²) < 4.78 is 2.16. The van der Waals surface area contributed by atoms with Crippen molar-refractivity contribution in [2.24, 2.45) is 7.05 Å². The first-order valence-corrected chi connectivity index (χ1v) is 7.82. The number of pyridine rings is 1. The fraction of sp³-hybridized carbons (Fsp3) is 0.389. The van der Waals surface area contributed by atoms with E-state index in [0.29, 0.717) is 5.92 Å². The molecule has 2 aromatic rings. The van der Waals surface area contributed by atoms with Crippen molar-refractivity contribution in [2.45, 2.75) is 38.0 Å². The first-order chi connectivity index (χ1) is 9.72. The van der Waals surface area contributed by atoms with E-state index in [-0.39, 0.29) is 0 Å². The Kier molecular flexibility index (Phi) is 4.07. The maximum absolute atomic E-state index is 6.06. The second-order valence-electron chi connectivity index (χ2n) is 5.85. The Morgan fingerprint density at radius 3 is 3.05 bits per heavy atom. The predicted molar refractivity (Wildman–Crippen MR) is 83.1 cm³/mol. The maximum atomic E-state index is 6.06. The van der Waals surface area contributed by atoms with Crippen LogP contribution >= 0.6 is 11.6 Å². The molecule has 1 nitrogen and oxygen atoms in total. The average molecular weight is 287 g/mol. The molecule has 2 heteroatoms. The number of rotatable bonds is 3. The molecule has 0 fully saturated rings. The Labute approximate surface area is 126 Å². The van der Waals surface area contributed by atoms with Gasteiger partial charge in [0.05, 0.1) is 0 Å². The van der Waals surface area contributed by atoms with E-state index in [2.05, 4.69) is 42.2 Å². The Hall–Kier alpha value is -1.34. The summed E-state index contributed by atoms with van der Waals surface area (Å²) in [5.74, 6) is 0.707. The van der Waals surface area contributed by atoms with Crippen molar-refractivity contribution in [1.82, 2.24) is 0 Å². The molecule has 1 aliphatic rings. The number of hydrogen-bond donors (Lipinski definition) is 0. The topological polar surface area (TPSA) is 3.88 Å². The van der Waals surface area contributed by atoms with Crippen LogP contribution in [0.25, 0.3) is 0 Å². The molecule has 1 atom stereocenters. The standard InChI is InChI=1S/C18H21ClN/c1-20-11-10-18-15(5-3-6-16(18)13-20)9-8-14-4-2-7-17(19)12-14/h2,4,7,10-13,15H,3,5-6,8-9H2,1H3/q+1. The van der Waals surface area contributed by atoms with Crippen molar-refractivity contribution in [3.63, 3.8) is 0 Å². The van der Waals surface area contributed by atoms with Gasteiger partial charge in [0, 0.05) is 16.7 Å². The molecule has 1 aromatic heterocycles. The summed E-state index contributed by atoms with van der Waals surface area (Å²) >= 11 is 6.06. The molecule has 1 aliphatic carbocycles. The predicted octanol–water partition coefficient (Wildman–Crippen LogP) is 4.22. The summed E-state index contributed by atoms with van der Waals surface area (Å²) in [7, 11) is 2.11. The highest BCUT2D eigenvalue weighted by atomic mass is 35.5. The zero-order chi connectivity index (χ0) is 13.9. The van der Waals surface area contributed by atoms with Gasteiger partial charge in [0.25, 0.3) is 0 Å². The van der Waals surface area contributed by atoms with Crippen molar-refractivity contribution in [3.05, 3.63) is 64.4 Å². The molecule has 0 radical (unpaired) electrons. The lowest BCUT2D eigenvalue weighted by Crippen LogP contribution is -2.29. The molecule has 0 aliphatic heterocycles. The van der Waals surface area contributed by atoms with Crippen LogP contribution in [0.15, 0.2) is 42.7 Å². The highest BCUT2D eigenvalue weighted by Gasteiger charge is 2.21. The number of hydrogen-bond acceptors (Lipinski definition) is 0. The molecule has 0 bridgehead atoms. The third-order valence-corrected chi connectivity index (χ3v) is 4.56. The van der Waals surface area contributed by atoms with Crippen LogP contribution in [0.1, 0.15) is 41.9 Å². The van der Waals surface area contributed by atoms with Crippen LogP contribution in [-0.4, -0.2) is 0 Å². The zero-order valence-electron chi connectivity index (χ0n) is 12.0. The molecule has 1 unspecified atom stereocenters. The van der Waals surface area contributed by atoms with Crippen LogP contribution < -0.4 is 4.57 Å². The lowest BCUT2D eigenvalue weighted by molar-refractivity contribution is -0.672. The van der Waals surface area contributed by atoms with Gasteiger partial charge in [-0.3, -0.25) is 0 Å². The van der Waals surface area contributed by atoms with Crippen LogP contribution in [0.4, 0.5) is 0 Å². The number of halogens is 1. The van der Waals surface area contributed by atoms with Gasteiger partial charge in [0.15, 0.2) is 12.4 Å². The van der Waals surface area contributed by atoms with Gasteiger partial charge in [-0.15, -0.1) is 0 Å². The van der Waals surface area contributed by atoms with E-state index in [9.17, 15) is 0 Å². The van der Waals surface area contributed by atoms with Gasteiger partial charge in [-0.1, -0.05) is 23.7 Å². The highest BCUT2D eigenvalue weighted by Crippen LogP contribution is 2.34. The minimum absolute atomic E-state index is 0.707. The smallest absolute Gasteiger partial charge is 0.171 e. The van der Waals surface area contributed by atoms with Crippen LogP contribution in [0.3, 0.4) is 0 Å². The van der Waals surface area contributed by atoms with Crippen LogP contribution in [-0.2, 0) is 19.9 Å². The highest BCUT2D eigenvalue weighted by molar-refractivity contribution is 6.30. The van der Waals surface area contributed by atoms with E-state index in [1.165, 1.54) is 36.8 Å². The summed E-state index contributed by atoms with van der Waals surface area (Å²) in [6, 6.07) is 10.6.